The van der Waals surface area contributed by atoms with Gasteiger partial charge in [0.25, 0.3) is 5.97 Å². The molecule has 11 heteroatoms. The number of ether oxygens (including phenoxy) is 3. The van der Waals surface area contributed by atoms with Crippen molar-refractivity contribution in [1.82, 2.24) is 10.2 Å². The first-order chi connectivity index (χ1) is 20.3. The molecule has 1 saturated heterocycles. The molecule has 224 valence electrons. The molecule has 1 amide bonds. The van der Waals surface area contributed by atoms with E-state index in [2.05, 4.69) is 15.5 Å². The van der Waals surface area contributed by atoms with Crippen LogP contribution in [0.15, 0.2) is 72.8 Å². The van der Waals surface area contributed by atoms with Gasteiger partial charge >= 0.3 is 0 Å². The van der Waals surface area contributed by atoms with Crippen molar-refractivity contribution < 1.29 is 28.9 Å². The van der Waals surface area contributed by atoms with Crippen LogP contribution in [0.5, 0.6) is 11.5 Å². The van der Waals surface area contributed by atoms with Crippen molar-refractivity contribution >= 4 is 23.4 Å². The van der Waals surface area contributed by atoms with Crippen molar-refractivity contribution in [2.24, 2.45) is 5.73 Å². The molecule has 0 bridgehead atoms. The average Bonchev–Trinajstić information content (AvgIpc) is 3.00. The number of hydrogen-bond donors (Lipinski definition) is 5. The van der Waals surface area contributed by atoms with Crippen LogP contribution in [0.4, 0.5) is 5.69 Å². The highest BCUT2D eigenvalue weighted by atomic mass is 16.5. The zero-order valence-electron chi connectivity index (χ0n) is 24.0. The summed E-state index contributed by atoms with van der Waals surface area (Å²) in [5.41, 5.74) is 8.65. The van der Waals surface area contributed by atoms with Crippen molar-refractivity contribution in [2.75, 3.05) is 51.9 Å². The number of carbonyl (C=O) groups excluding carboxylic acids is 1. The number of aliphatic carboxylic acids is 1. The number of carboxylic acid groups (broad SMARTS) is 1. The third-order valence-corrected chi connectivity index (χ3v) is 6.37. The van der Waals surface area contributed by atoms with Crippen molar-refractivity contribution in [1.29, 1.82) is 5.41 Å². The molecule has 1 aliphatic heterocycles. The lowest BCUT2D eigenvalue weighted by Crippen LogP contribution is -2.38. The molecule has 0 aliphatic carbocycles. The minimum Gasteiger partial charge on any atom is -0.493 e. The van der Waals surface area contributed by atoms with Crippen molar-refractivity contribution in [3.8, 4) is 11.5 Å². The predicted molar refractivity (Wildman–Crippen MR) is 161 cm³/mol. The molecule has 1 unspecified atom stereocenters. The molecule has 0 radical (unpaired) electrons. The van der Waals surface area contributed by atoms with Gasteiger partial charge in [0.05, 0.1) is 20.3 Å². The SMILES string of the molecule is CC(=O)O.COc1cc(C(Nc2ccc(C(=N)N)cc2)C(=O)NCc2ccccc2)ccc1OCCN1CCOCC1. The van der Waals surface area contributed by atoms with Crippen LogP contribution in [0, 0.1) is 5.41 Å². The molecule has 11 nitrogen and oxygen atoms in total. The van der Waals surface area contributed by atoms with Crippen LogP contribution in [0.1, 0.15) is 29.7 Å². The summed E-state index contributed by atoms with van der Waals surface area (Å²) in [5, 5.41) is 21.4. The number of amidine groups is 1. The van der Waals surface area contributed by atoms with Crippen LogP contribution in [-0.4, -0.2) is 74.3 Å². The summed E-state index contributed by atoms with van der Waals surface area (Å²) in [6.45, 7) is 6.11. The minimum atomic E-state index is -0.833. The Labute approximate surface area is 246 Å². The number of nitrogens with two attached hydrogens (primary N) is 1. The smallest absolute Gasteiger partial charge is 0.300 e. The van der Waals surface area contributed by atoms with Gasteiger partial charge in [-0.2, -0.15) is 0 Å². The van der Waals surface area contributed by atoms with Gasteiger partial charge in [0.15, 0.2) is 11.5 Å². The first-order valence-corrected chi connectivity index (χ1v) is 13.6. The summed E-state index contributed by atoms with van der Waals surface area (Å²) in [6.07, 6.45) is 0. The van der Waals surface area contributed by atoms with Gasteiger partial charge in [-0.05, 0) is 47.5 Å². The summed E-state index contributed by atoms with van der Waals surface area (Å²) < 4.78 is 17.1. The second-order valence-electron chi connectivity index (χ2n) is 9.50. The van der Waals surface area contributed by atoms with Crippen LogP contribution in [0.3, 0.4) is 0 Å². The molecular weight excluding hydrogens is 538 g/mol. The Bertz CT molecular complexity index is 1290. The Hall–Kier alpha value is -4.61. The first-order valence-electron chi connectivity index (χ1n) is 13.6. The second kappa shape index (κ2) is 16.6. The van der Waals surface area contributed by atoms with E-state index < -0.39 is 12.0 Å². The molecule has 1 aliphatic rings. The van der Waals surface area contributed by atoms with Gasteiger partial charge in [-0.25, -0.2) is 0 Å². The molecule has 6 N–H and O–H groups in total. The quantitative estimate of drug-likeness (QED) is 0.161. The van der Waals surface area contributed by atoms with Gasteiger partial charge in [0, 0.05) is 44.4 Å². The summed E-state index contributed by atoms with van der Waals surface area (Å²) in [6, 6.07) is 21.7. The van der Waals surface area contributed by atoms with E-state index in [4.69, 9.17) is 35.3 Å². The van der Waals surface area contributed by atoms with E-state index >= 15 is 0 Å². The summed E-state index contributed by atoms with van der Waals surface area (Å²) >= 11 is 0. The summed E-state index contributed by atoms with van der Waals surface area (Å²) in [7, 11) is 1.59. The number of carbonyl (C=O) groups is 2. The fourth-order valence-corrected chi connectivity index (χ4v) is 4.19. The molecule has 0 saturated carbocycles. The van der Waals surface area contributed by atoms with Crippen LogP contribution in [-0.2, 0) is 20.9 Å². The topological polar surface area (TPSA) is 159 Å². The molecule has 42 heavy (non-hydrogen) atoms. The maximum absolute atomic E-state index is 13.4. The maximum Gasteiger partial charge on any atom is 0.300 e. The number of rotatable bonds is 12. The molecular formula is C31H39N5O6. The Kier molecular flexibility index (Phi) is 12.6. The molecule has 0 aromatic heterocycles. The Balaban J connectivity index is 0.00000114. The molecule has 3 aromatic rings. The van der Waals surface area contributed by atoms with Crippen LogP contribution >= 0.6 is 0 Å². The molecule has 1 fully saturated rings. The van der Waals surface area contributed by atoms with Crippen LogP contribution in [0.2, 0.25) is 0 Å². The monoisotopic (exact) mass is 577 g/mol. The minimum absolute atomic E-state index is 0.0114. The second-order valence-corrected chi connectivity index (χ2v) is 9.50. The van der Waals surface area contributed by atoms with Crippen LogP contribution < -0.4 is 25.8 Å². The Morgan fingerprint density at radius 3 is 2.33 bits per heavy atom. The fraction of sp³-hybridized carbons (Fsp3) is 0.323. The molecule has 4 rings (SSSR count). The third-order valence-electron chi connectivity index (χ3n) is 6.37. The number of morpholine rings is 1. The number of methoxy groups -OCH3 is 1. The maximum atomic E-state index is 13.4. The Morgan fingerprint density at radius 2 is 1.71 bits per heavy atom. The fourth-order valence-electron chi connectivity index (χ4n) is 4.19. The van der Waals surface area contributed by atoms with Gasteiger partial charge in [0.2, 0.25) is 5.91 Å². The highest BCUT2D eigenvalue weighted by Gasteiger charge is 2.23. The van der Waals surface area contributed by atoms with Gasteiger partial charge in [0.1, 0.15) is 18.5 Å². The van der Waals surface area contributed by atoms with Crippen molar-refractivity contribution in [3.63, 3.8) is 0 Å². The number of nitrogens with one attached hydrogen (secondary N) is 3. The molecule has 1 atom stereocenters. The van der Waals surface area contributed by atoms with E-state index in [-0.39, 0.29) is 11.7 Å². The van der Waals surface area contributed by atoms with Gasteiger partial charge in [-0.15, -0.1) is 0 Å². The van der Waals surface area contributed by atoms with E-state index in [1.807, 2.05) is 48.5 Å². The highest BCUT2D eigenvalue weighted by Crippen LogP contribution is 2.32. The van der Waals surface area contributed by atoms with E-state index in [9.17, 15) is 4.79 Å². The molecule has 3 aromatic carbocycles. The molecule has 1 heterocycles. The van der Waals surface area contributed by atoms with E-state index in [0.717, 1.165) is 56.6 Å². The highest BCUT2D eigenvalue weighted by molar-refractivity contribution is 5.95. The normalized spacial score (nSPS) is 13.6. The molecule has 0 spiro atoms. The number of hydrogen-bond acceptors (Lipinski definition) is 8. The van der Waals surface area contributed by atoms with Gasteiger partial charge in [-0.3, -0.25) is 19.9 Å². The number of benzene rings is 3. The number of amides is 1. The zero-order valence-corrected chi connectivity index (χ0v) is 24.0. The van der Waals surface area contributed by atoms with Gasteiger partial charge < -0.3 is 35.7 Å². The average molecular weight is 578 g/mol. The predicted octanol–water partition coefficient (Wildman–Crippen LogP) is 3.25. The van der Waals surface area contributed by atoms with E-state index in [0.29, 0.717) is 30.2 Å². The largest absolute Gasteiger partial charge is 0.493 e. The first kappa shape index (κ1) is 31.9. The van der Waals surface area contributed by atoms with Crippen molar-refractivity contribution in [3.05, 3.63) is 89.5 Å². The lowest BCUT2D eigenvalue weighted by Gasteiger charge is -2.26. The van der Waals surface area contributed by atoms with E-state index in [1.165, 1.54) is 0 Å². The van der Waals surface area contributed by atoms with E-state index in [1.54, 1.807) is 31.4 Å². The number of anilines is 1. The number of carboxylic acids is 1. The third kappa shape index (κ3) is 10.4. The number of nitrogen functional groups attached to an aromatic ring is 1. The standard InChI is InChI=1S/C29H35N5O4.C2H4O2/c1-36-26-19-23(9-12-25(26)38-18-15-34-13-16-37-17-14-34)27(29(35)32-20-21-5-3-2-4-6-21)33-24-10-7-22(8-11-24)28(30)31;1-2(3)4/h2-12,19,27,33H,13-18,20H2,1H3,(H3,30,31)(H,32,35);1H3,(H,3,4). The lowest BCUT2D eigenvalue weighted by molar-refractivity contribution is -0.134. The summed E-state index contributed by atoms with van der Waals surface area (Å²) in [5.74, 6) is 0.146. The number of nitrogens with zero attached hydrogens (tertiary/aromatic N) is 1. The van der Waals surface area contributed by atoms with Crippen molar-refractivity contribution in [2.45, 2.75) is 19.5 Å². The van der Waals surface area contributed by atoms with Crippen LogP contribution in [0.25, 0.3) is 0 Å². The summed E-state index contributed by atoms with van der Waals surface area (Å²) in [4.78, 5) is 24.7. The Morgan fingerprint density at radius 1 is 1.05 bits per heavy atom. The van der Waals surface area contributed by atoms with Gasteiger partial charge in [-0.1, -0.05) is 36.4 Å². The zero-order chi connectivity index (χ0) is 30.3. The lowest BCUT2D eigenvalue weighted by atomic mass is 10.0.